The lowest BCUT2D eigenvalue weighted by atomic mass is 10.0. The third-order valence-electron chi connectivity index (χ3n) is 3.10. The van der Waals surface area contributed by atoms with E-state index >= 15 is 0 Å². The molecule has 0 aromatic heterocycles. The Morgan fingerprint density at radius 1 is 1.33 bits per heavy atom. The van der Waals surface area contributed by atoms with Crippen LogP contribution in [0.25, 0.3) is 0 Å². The van der Waals surface area contributed by atoms with Crippen molar-refractivity contribution in [2.45, 2.75) is 38.9 Å². The summed E-state index contributed by atoms with van der Waals surface area (Å²) in [6.45, 7) is 5.57. The van der Waals surface area contributed by atoms with Crippen LogP contribution < -0.4 is 0 Å². The lowest BCUT2D eigenvalue weighted by Crippen LogP contribution is -2.25. The molecule has 3 heteroatoms. The van der Waals surface area contributed by atoms with Gasteiger partial charge in [-0.05, 0) is 32.8 Å². The molecular weight excluding hydrogens is 228 g/mol. The molecule has 1 N–H and O–H groups in total. The summed E-state index contributed by atoms with van der Waals surface area (Å²) < 4.78 is 5.33. The molecule has 0 radical (unpaired) electrons. The number of hydrogen-bond acceptors (Lipinski definition) is 3. The molecule has 1 aromatic rings. The van der Waals surface area contributed by atoms with E-state index in [1.54, 1.807) is 0 Å². The van der Waals surface area contributed by atoms with Gasteiger partial charge in [-0.3, -0.25) is 4.79 Å². The molecular formula is C15H20O3. The first-order chi connectivity index (χ1) is 8.38. The lowest BCUT2D eigenvalue weighted by Gasteiger charge is -2.20. The van der Waals surface area contributed by atoms with Crippen LogP contribution >= 0.6 is 0 Å². The lowest BCUT2D eigenvalue weighted by molar-refractivity contribution is -0.157. The van der Waals surface area contributed by atoms with Crippen molar-refractivity contribution in [3.8, 4) is 0 Å². The van der Waals surface area contributed by atoms with Crippen molar-refractivity contribution in [1.82, 2.24) is 0 Å². The van der Waals surface area contributed by atoms with Crippen LogP contribution in [0.4, 0.5) is 0 Å². The molecule has 0 bridgehead atoms. The number of ether oxygens (including phenoxy) is 1. The smallest absolute Gasteiger partial charge is 0.309 e. The van der Waals surface area contributed by atoms with Crippen molar-refractivity contribution in [2.24, 2.45) is 11.8 Å². The summed E-state index contributed by atoms with van der Waals surface area (Å²) in [7, 11) is 0. The van der Waals surface area contributed by atoms with E-state index in [-0.39, 0.29) is 17.8 Å². The van der Waals surface area contributed by atoms with E-state index in [9.17, 15) is 9.90 Å². The zero-order chi connectivity index (χ0) is 13.3. The summed E-state index contributed by atoms with van der Waals surface area (Å²) in [6, 6.07) is 9.46. The van der Waals surface area contributed by atoms with Gasteiger partial charge in [0, 0.05) is 5.92 Å². The average molecular weight is 248 g/mol. The van der Waals surface area contributed by atoms with Crippen LogP contribution in [0.2, 0.25) is 0 Å². The van der Waals surface area contributed by atoms with E-state index < -0.39 is 11.7 Å². The first-order valence-corrected chi connectivity index (χ1v) is 6.34. The van der Waals surface area contributed by atoms with E-state index in [4.69, 9.17) is 4.74 Å². The van der Waals surface area contributed by atoms with Gasteiger partial charge in [-0.15, -0.1) is 0 Å². The molecule has 98 valence electrons. The van der Waals surface area contributed by atoms with Crippen molar-refractivity contribution in [1.29, 1.82) is 0 Å². The highest BCUT2D eigenvalue weighted by atomic mass is 16.6. The molecule has 1 saturated carbocycles. The molecule has 0 heterocycles. The number of aliphatic hydroxyl groups is 1. The fourth-order valence-electron chi connectivity index (χ4n) is 2.11. The van der Waals surface area contributed by atoms with Gasteiger partial charge < -0.3 is 9.84 Å². The molecule has 1 aliphatic rings. The molecule has 1 aliphatic carbocycles. The van der Waals surface area contributed by atoms with Gasteiger partial charge in [0.25, 0.3) is 0 Å². The highest BCUT2D eigenvalue weighted by Crippen LogP contribution is 2.48. The van der Waals surface area contributed by atoms with E-state index in [1.807, 2.05) is 51.1 Å². The van der Waals surface area contributed by atoms with Gasteiger partial charge in [0.05, 0.1) is 12.0 Å². The maximum Gasteiger partial charge on any atom is 0.309 e. The van der Waals surface area contributed by atoms with Gasteiger partial charge in [-0.1, -0.05) is 30.3 Å². The molecule has 0 aliphatic heterocycles. The molecule has 1 fully saturated rings. The Morgan fingerprint density at radius 3 is 2.50 bits per heavy atom. The number of hydrogen-bond donors (Lipinski definition) is 1. The largest absolute Gasteiger partial charge is 0.460 e. The highest BCUT2D eigenvalue weighted by molar-refractivity contribution is 5.76. The zero-order valence-corrected chi connectivity index (χ0v) is 11.1. The molecule has 0 spiro atoms. The third-order valence-corrected chi connectivity index (χ3v) is 3.10. The summed E-state index contributed by atoms with van der Waals surface area (Å²) in [6.07, 6.45) is 0.147. The Bertz CT molecular complexity index is 419. The quantitative estimate of drug-likeness (QED) is 0.837. The Balaban J connectivity index is 1.93. The third kappa shape index (κ3) is 3.10. The molecule has 2 rings (SSSR count). The van der Waals surface area contributed by atoms with Crippen molar-refractivity contribution in [3.05, 3.63) is 35.9 Å². The maximum absolute atomic E-state index is 11.8. The minimum absolute atomic E-state index is 0.00208. The van der Waals surface area contributed by atoms with Crippen LogP contribution in [0.5, 0.6) is 0 Å². The topological polar surface area (TPSA) is 46.5 Å². The Labute approximate surface area is 108 Å². The Morgan fingerprint density at radius 2 is 1.94 bits per heavy atom. The van der Waals surface area contributed by atoms with Crippen molar-refractivity contribution < 1.29 is 14.6 Å². The van der Waals surface area contributed by atoms with Gasteiger partial charge in [0.2, 0.25) is 0 Å². The molecule has 0 amide bonds. The monoisotopic (exact) mass is 248 g/mol. The van der Waals surface area contributed by atoms with Crippen molar-refractivity contribution in [3.63, 3.8) is 0 Å². The summed E-state index contributed by atoms with van der Waals surface area (Å²) in [5, 5.41) is 10.2. The standard InChI is InChI=1S/C15H20O3/c1-15(2,3)18-14(17)12-9-11(12)13(16)10-7-5-4-6-8-10/h4-8,11-13,16H,9H2,1-3H3/t11-,12-,13+/m0/s1. The molecule has 0 saturated heterocycles. The number of rotatable bonds is 3. The van der Waals surface area contributed by atoms with Crippen molar-refractivity contribution in [2.75, 3.05) is 0 Å². The molecule has 3 nitrogen and oxygen atoms in total. The number of carbonyl (C=O) groups excluding carboxylic acids is 1. The molecule has 18 heavy (non-hydrogen) atoms. The fourth-order valence-corrected chi connectivity index (χ4v) is 2.11. The van der Waals surface area contributed by atoms with Crippen LogP contribution in [0, 0.1) is 11.8 Å². The second-order valence-electron chi connectivity index (χ2n) is 5.90. The average Bonchev–Trinajstić information content (AvgIpc) is 3.07. The minimum atomic E-state index is -0.566. The molecule has 0 unspecified atom stereocenters. The predicted octanol–water partition coefficient (Wildman–Crippen LogP) is 2.70. The first kappa shape index (κ1) is 13.1. The number of carbonyl (C=O) groups is 1. The number of esters is 1. The van der Waals surface area contributed by atoms with Gasteiger partial charge in [-0.25, -0.2) is 0 Å². The SMILES string of the molecule is CC(C)(C)OC(=O)[C@H]1C[C@@H]1[C@H](O)c1ccccc1. The highest BCUT2D eigenvalue weighted by Gasteiger charge is 2.49. The van der Waals surface area contributed by atoms with Crippen LogP contribution in [-0.2, 0) is 9.53 Å². The summed E-state index contributed by atoms with van der Waals surface area (Å²) in [5.74, 6) is -0.343. The van der Waals surface area contributed by atoms with E-state index in [0.29, 0.717) is 6.42 Å². The van der Waals surface area contributed by atoms with Gasteiger partial charge in [-0.2, -0.15) is 0 Å². The molecule has 3 atom stereocenters. The maximum atomic E-state index is 11.8. The number of aliphatic hydroxyl groups excluding tert-OH is 1. The van der Waals surface area contributed by atoms with E-state index in [1.165, 1.54) is 0 Å². The van der Waals surface area contributed by atoms with Gasteiger partial charge >= 0.3 is 5.97 Å². The predicted molar refractivity (Wildman–Crippen MR) is 68.8 cm³/mol. The van der Waals surface area contributed by atoms with Gasteiger partial charge in [0.15, 0.2) is 0 Å². The van der Waals surface area contributed by atoms with Crippen molar-refractivity contribution >= 4 is 5.97 Å². The summed E-state index contributed by atoms with van der Waals surface area (Å²) >= 11 is 0. The summed E-state index contributed by atoms with van der Waals surface area (Å²) in [5.41, 5.74) is 0.413. The second kappa shape index (κ2) is 4.73. The first-order valence-electron chi connectivity index (χ1n) is 6.34. The van der Waals surface area contributed by atoms with Crippen LogP contribution in [-0.4, -0.2) is 16.7 Å². The Hall–Kier alpha value is -1.35. The van der Waals surface area contributed by atoms with Crippen LogP contribution in [0.15, 0.2) is 30.3 Å². The number of benzene rings is 1. The van der Waals surface area contributed by atoms with Crippen LogP contribution in [0.3, 0.4) is 0 Å². The minimum Gasteiger partial charge on any atom is -0.460 e. The second-order valence-corrected chi connectivity index (χ2v) is 5.90. The molecule has 1 aromatic carbocycles. The zero-order valence-electron chi connectivity index (χ0n) is 11.1. The fraction of sp³-hybridized carbons (Fsp3) is 0.533. The van der Waals surface area contributed by atoms with E-state index in [0.717, 1.165) is 5.56 Å². The van der Waals surface area contributed by atoms with Gasteiger partial charge in [0.1, 0.15) is 5.60 Å². The van der Waals surface area contributed by atoms with Crippen LogP contribution in [0.1, 0.15) is 38.9 Å². The Kier molecular flexibility index (Phi) is 3.44. The van der Waals surface area contributed by atoms with E-state index in [2.05, 4.69) is 0 Å². The normalized spacial score (nSPS) is 24.4. The summed E-state index contributed by atoms with van der Waals surface area (Å²) in [4.78, 5) is 11.8.